The quantitative estimate of drug-likeness (QED) is 0.830. The molecule has 1 amide bonds. The third kappa shape index (κ3) is 2.93. The number of ether oxygens (including phenoxy) is 1. The van der Waals surface area contributed by atoms with Crippen molar-refractivity contribution >= 4 is 45.1 Å². The van der Waals surface area contributed by atoms with Gasteiger partial charge in [-0.1, -0.05) is 18.2 Å². The molecule has 0 bridgehead atoms. The number of rotatable bonds is 3. The van der Waals surface area contributed by atoms with Crippen LogP contribution < -0.4 is 5.32 Å². The minimum absolute atomic E-state index is 0.0507. The molecule has 0 saturated carbocycles. The van der Waals surface area contributed by atoms with Crippen molar-refractivity contribution < 1.29 is 9.53 Å². The number of carbonyl (C=O) groups is 1. The third-order valence-corrected chi connectivity index (χ3v) is 4.31. The van der Waals surface area contributed by atoms with Crippen LogP contribution in [0.2, 0.25) is 0 Å². The molecule has 1 N–H and O–H groups in total. The van der Waals surface area contributed by atoms with Gasteiger partial charge in [0.2, 0.25) is 5.91 Å². The van der Waals surface area contributed by atoms with E-state index in [1.807, 2.05) is 24.3 Å². The summed E-state index contributed by atoms with van der Waals surface area (Å²) in [7, 11) is 0. The van der Waals surface area contributed by atoms with Crippen LogP contribution in [0.25, 0.3) is 10.9 Å². The Bertz CT molecular complexity index is 639. The molecule has 0 spiro atoms. The van der Waals surface area contributed by atoms with Crippen LogP contribution in [0.1, 0.15) is 12.8 Å². The van der Waals surface area contributed by atoms with Crippen LogP contribution in [0.4, 0.5) is 5.69 Å². The lowest BCUT2D eigenvalue weighted by atomic mass is 10.0. The van der Waals surface area contributed by atoms with Crippen molar-refractivity contribution in [2.75, 3.05) is 18.5 Å². The standard InChI is InChI=1S/C15H15IN2O2/c16-12-8-17-13-4-2-1-3-11(13)15(12)18-14(19)7-10-5-6-20-9-10/h1-4,8,10H,5-7,9H2,(H,17,18,19). The number of benzene rings is 1. The summed E-state index contributed by atoms with van der Waals surface area (Å²) in [5, 5.41) is 4.02. The number of anilines is 1. The monoisotopic (exact) mass is 382 g/mol. The molecule has 1 saturated heterocycles. The van der Waals surface area contributed by atoms with Crippen LogP contribution in [0, 0.1) is 9.49 Å². The van der Waals surface area contributed by atoms with E-state index >= 15 is 0 Å². The molecule has 1 unspecified atom stereocenters. The molecule has 1 aromatic heterocycles. The number of nitrogens with one attached hydrogen (secondary N) is 1. The Hall–Kier alpha value is -1.21. The number of hydrogen-bond acceptors (Lipinski definition) is 3. The van der Waals surface area contributed by atoms with E-state index in [1.54, 1.807) is 6.20 Å². The highest BCUT2D eigenvalue weighted by atomic mass is 127. The Labute approximate surface area is 131 Å². The number of amides is 1. The molecule has 3 rings (SSSR count). The summed E-state index contributed by atoms with van der Waals surface area (Å²) >= 11 is 2.20. The average molecular weight is 382 g/mol. The number of halogens is 1. The molecular weight excluding hydrogens is 367 g/mol. The molecule has 0 aliphatic carbocycles. The summed E-state index contributed by atoms with van der Waals surface area (Å²) in [6.07, 6.45) is 3.28. The maximum atomic E-state index is 12.2. The van der Waals surface area contributed by atoms with Crippen LogP contribution in [-0.2, 0) is 9.53 Å². The summed E-state index contributed by atoms with van der Waals surface area (Å²) in [5.74, 6) is 0.399. The number of fused-ring (bicyclic) bond motifs is 1. The number of para-hydroxylation sites is 1. The highest BCUT2D eigenvalue weighted by Crippen LogP contribution is 2.27. The molecule has 2 heterocycles. The van der Waals surface area contributed by atoms with Gasteiger partial charge in [0.25, 0.3) is 0 Å². The van der Waals surface area contributed by atoms with E-state index in [9.17, 15) is 4.79 Å². The van der Waals surface area contributed by atoms with E-state index in [-0.39, 0.29) is 5.91 Å². The highest BCUT2D eigenvalue weighted by molar-refractivity contribution is 14.1. The maximum absolute atomic E-state index is 12.2. The van der Waals surface area contributed by atoms with E-state index in [4.69, 9.17) is 4.74 Å². The number of hydrogen-bond donors (Lipinski definition) is 1. The van der Waals surface area contributed by atoms with Gasteiger partial charge in [-0.25, -0.2) is 0 Å². The summed E-state index contributed by atoms with van der Waals surface area (Å²) in [6.45, 7) is 1.47. The van der Waals surface area contributed by atoms with Crippen molar-refractivity contribution in [1.82, 2.24) is 4.98 Å². The van der Waals surface area contributed by atoms with E-state index in [2.05, 4.69) is 32.9 Å². The number of nitrogens with zero attached hydrogens (tertiary/aromatic N) is 1. The zero-order chi connectivity index (χ0) is 13.9. The molecule has 20 heavy (non-hydrogen) atoms. The third-order valence-electron chi connectivity index (χ3n) is 3.49. The van der Waals surface area contributed by atoms with Crippen molar-refractivity contribution in [3.63, 3.8) is 0 Å². The first-order chi connectivity index (χ1) is 9.74. The molecule has 1 aliphatic rings. The van der Waals surface area contributed by atoms with Crippen molar-refractivity contribution in [2.24, 2.45) is 5.92 Å². The molecule has 1 aliphatic heterocycles. The largest absolute Gasteiger partial charge is 0.381 e. The fraction of sp³-hybridized carbons (Fsp3) is 0.333. The average Bonchev–Trinajstić information content (AvgIpc) is 2.95. The lowest BCUT2D eigenvalue weighted by Crippen LogP contribution is -2.17. The Morgan fingerprint density at radius 2 is 2.30 bits per heavy atom. The predicted octanol–water partition coefficient (Wildman–Crippen LogP) is 3.20. The van der Waals surface area contributed by atoms with Crippen molar-refractivity contribution in [3.05, 3.63) is 34.0 Å². The highest BCUT2D eigenvalue weighted by Gasteiger charge is 2.20. The molecule has 5 heteroatoms. The van der Waals surface area contributed by atoms with Crippen LogP contribution >= 0.6 is 22.6 Å². The van der Waals surface area contributed by atoms with Gasteiger partial charge in [0.05, 0.1) is 14.8 Å². The molecule has 4 nitrogen and oxygen atoms in total. The molecule has 104 valence electrons. The van der Waals surface area contributed by atoms with Gasteiger partial charge in [0.15, 0.2) is 0 Å². The molecule has 2 aromatic rings. The van der Waals surface area contributed by atoms with Gasteiger partial charge in [0.1, 0.15) is 0 Å². The van der Waals surface area contributed by atoms with Gasteiger partial charge in [-0.3, -0.25) is 9.78 Å². The first kappa shape index (κ1) is 13.8. The minimum Gasteiger partial charge on any atom is -0.381 e. The summed E-state index contributed by atoms with van der Waals surface area (Å²) in [5.41, 5.74) is 1.76. The summed E-state index contributed by atoms with van der Waals surface area (Å²) in [6, 6.07) is 7.84. The van der Waals surface area contributed by atoms with E-state index in [0.717, 1.165) is 33.2 Å². The van der Waals surface area contributed by atoms with Crippen LogP contribution in [0.15, 0.2) is 30.5 Å². The molecule has 0 radical (unpaired) electrons. The first-order valence-electron chi connectivity index (χ1n) is 6.65. The number of pyridine rings is 1. The fourth-order valence-electron chi connectivity index (χ4n) is 2.44. The van der Waals surface area contributed by atoms with Gasteiger partial charge in [-0.2, -0.15) is 0 Å². The van der Waals surface area contributed by atoms with Gasteiger partial charge in [-0.15, -0.1) is 0 Å². The summed E-state index contributed by atoms with van der Waals surface area (Å²) in [4.78, 5) is 16.5. The normalized spacial score (nSPS) is 18.4. The van der Waals surface area contributed by atoms with Gasteiger partial charge >= 0.3 is 0 Å². The topological polar surface area (TPSA) is 51.2 Å². The zero-order valence-corrected chi connectivity index (χ0v) is 13.1. The summed E-state index contributed by atoms with van der Waals surface area (Å²) < 4.78 is 6.27. The Morgan fingerprint density at radius 1 is 1.45 bits per heavy atom. The van der Waals surface area contributed by atoms with Gasteiger partial charge in [0, 0.05) is 31.2 Å². The van der Waals surface area contributed by atoms with Crippen molar-refractivity contribution in [1.29, 1.82) is 0 Å². The Kier molecular flexibility index (Phi) is 4.16. The van der Waals surface area contributed by atoms with E-state index < -0.39 is 0 Å². The zero-order valence-electron chi connectivity index (χ0n) is 10.9. The molecule has 1 aromatic carbocycles. The Balaban J connectivity index is 1.82. The number of aromatic nitrogens is 1. The van der Waals surface area contributed by atoms with Gasteiger partial charge in [-0.05, 0) is 41.0 Å². The van der Waals surface area contributed by atoms with Crippen molar-refractivity contribution in [2.45, 2.75) is 12.8 Å². The van der Waals surface area contributed by atoms with Crippen LogP contribution in [0.3, 0.4) is 0 Å². The van der Waals surface area contributed by atoms with E-state index in [1.165, 1.54) is 0 Å². The SMILES string of the molecule is O=C(CC1CCOC1)Nc1c(I)cnc2ccccc12. The van der Waals surface area contributed by atoms with Gasteiger partial charge < -0.3 is 10.1 Å². The molecule has 1 fully saturated rings. The lowest BCUT2D eigenvalue weighted by molar-refractivity contribution is -0.117. The van der Waals surface area contributed by atoms with Crippen LogP contribution in [0.5, 0.6) is 0 Å². The lowest BCUT2D eigenvalue weighted by Gasteiger charge is -2.12. The second-order valence-corrected chi connectivity index (χ2v) is 6.14. The first-order valence-corrected chi connectivity index (χ1v) is 7.73. The maximum Gasteiger partial charge on any atom is 0.224 e. The second kappa shape index (κ2) is 6.05. The molecular formula is C15H15IN2O2. The Morgan fingerprint density at radius 3 is 3.10 bits per heavy atom. The van der Waals surface area contributed by atoms with E-state index in [0.29, 0.717) is 18.9 Å². The minimum atomic E-state index is 0.0507. The van der Waals surface area contributed by atoms with Crippen molar-refractivity contribution in [3.8, 4) is 0 Å². The van der Waals surface area contributed by atoms with Crippen LogP contribution in [-0.4, -0.2) is 24.1 Å². The second-order valence-electron chi connectivity index (χ2n) is 4.98. The smallest absolute Gasteiger partial charge is 0.224 e. The fourth-order valence-corrected chi connectivity index (χ4v) is 3.01. The predicted molar refractivity (Wildman–Crippen MR) is 86.6 cm³/mol. The molecule has 1 atom stereocenters. The number of carbonyl (C=O) groups excluding carboxylic acids is 1.